The molecule has 0 aromatic heterocycles. The molecule has 0 amide bonds. The topological polar surface area (TPSA) is 72.5 Å². The summed E-state index contributed by atoms with van der Waals surface area (Å²) >= 11 is 0. The average Bonchev–Trinajstić information content (AvgIpc) is 2.54. The Morgan fingerprint density at radius 2 is 1.24 bits per heavy atom. The highest BCUT2D eigenvalue weighted by Gasteiger charge is 2.53. The zero-order valence-electron chi connectivity index (χ0n) is 23.5. The summed E-state index contributed by atoms with van der Waals surface area (Å²) in [5.74, 6) is -0.312. The summed E-state index contributed by atoms with van der Waals surface area (Å²) in [4.78, 5) is 12.1. The fourth-order valence-electron chi connectivity index (χ4n) is 2.48. The van der Waals surface area contributed by atoms with Crippen LogP contribution in [-0.2, 0) is 30.7 Å². The lowest BCUT2D eigenvalue weighted by Crippen LogP contribution is -2.62. The van der Waals surface area contributed by atoms with Gasteiger partial charge in [-0.25, -0.2) is 4.79 Å². The van der Waals surface area contributed by atoms with Gasteiger partial charge in [0.25, 0.3) is 0 Å². The summed E-state index contributed by atoms with van der Waals surface area (Å²) in [5, 5.41) is 0. The van der Waals surface area contributed by atoms with Crippen molar-refractivity contribution in [2.24, 2.45) is 0 Å². The fourth-order valence-corrected chi connectivity index (χ4v) is 15.9. The molecule has 0 aromatic rings. The van der Waals surface area contributed by atoms with E-state index in [0.717, 1.165) is 28.8 Å². The number of carbonyl (C=O) groups excluding carboxylic acids is 1. The van der Waals surface area contributed by atoms with E-state index in [-0.39, 0.29) is 5.97 Å². The number of carbonyl (C=O) groups is 1. The minimum absolute atomic E-state index is 0.312. The van der Waals surface area contributed by atoms with Gasteiger partial charge in [-0.3, -0.25) is 0 Å². The van der Waals surface area contributed by atoms with E-state index in [1.807, 2.05) is 0 Å². The lowest BCUT2D eigenvalue weighted by molar-refractivity contribution is -0.139. The van der Waals surface area contributed by atoms with Gasteiger partial charge >= 0.3 is 15.0 Å². The highest BCUT2D eigenvalue weighted by molar-refractivity contribution is 6.87. The molecule has 0 radical (unpaired) electrons. The van der Waals surface area contributed by atoms with Gasteiger partial charge in [-0.2, -0.15) is 0 Å². The largest absolute Gasteiger partial charge is 0.647 e. The number of hydrogen-bond acceptors (Lipinski definition) is 7. The standard InChI is InChI=1S/C20H50O7Si6/c1-19(20(21)22-14-13-16-28)18-24-32(11,12)17-15-23-33(25-29(2,3)4,26-30(5,6)7)27-31(8,9)10/h18H,13-17H2,1-12,28H3. The normalized spacial score (nSPS) is 14.5. The molecule has 0 N–H and O–H groups in total. The van der Waals surface area contributed by atoms with Gasteiger partial charge in [0.1, 0.15) is 0 Å². The van der Waals surface area contributed by atoms with Crippen LogP contribution in [0.5, 0.6) is 0 Å². The van der Waals surface area contributed by atoms with Crippen molar-refractivity contribution in [1.82, 2.24) is 0 Å². The van der Waals surface area contributed by atoms with E-state index in [1.54, 1.807) is 13.2 Å². The molecule has 0 fully saturated rings. The molecule has 0 spiro atoms. The predicted molar refractivity (Wildman–Crippen MR) is 152 cm³/mol. The molecule has 0 aliphatic carbocycles. The van der Waals surface area contributed by atoms with Crippen molar-refractivity contribution in [2.75, 3.05) is 13.2 Å². The van der Waals surface area contributed by atoms with Gasteiger partial charge in [0.2, 0.25) is 8.32 Å². The van der Waals surface area contributed by atoms with Gasteiger partial charge in [-0.05, 0) is 91.4 Å². The Hall–Kier alpha value is 0.151. The van der Waals surface area contributed by atoms with E-state index in [1.165, 1.54) is 0 Å². The second-order valence-electron chi connectivity index (χ2n) is 11.9. The van der Waals surface area contributed by atoms with Gasteiger partial charge < -0.3 is 25.9 Å². The summed E-state index contributed by atoms with van der Waals surface area (Å²) in [6.07, 6.45) is 2.48. The van der Waals surface area contributed by atoms with Crippen LogP contribution in [0.15, 0.2) is 11.8 Å². The van der Waals surface area contributed by atoms with Crippen LogP contribution in [0.4, 0.5) is 0 Å². The van der Waals surface area contributed by atoms with E-state index in [2.05, 4.69) is 72.0 Å². The van der Waals surface area contributed by atoms with Crippen LogP contribution >= 0.6 is 0 Å². The first-order chi connectivity index (χ1) is 14.7. The van der Waals surface area contributed by atoms with Crippen molar-refractivity contribution >= 4 is 58.5 Å². The minimum Gasteiger partial charge on any atom is -0.549 e. The van der Waals surface area contributed by atoms with Gasteiger partial charge in [0.15, 0.2) is 25.0 Å². The Balaban J connectivity index is 5.33. The van der Waals surface area contributed by atoms with Crippen molar-refractivity contribution in [3.63, 3.8) is 0 Å². The first-order valence-electron chi connectivity index (χ1n) is 12.0. The second-order valence-corrected chi connectivity index (χ2v) is 33.6. The monoisotopic (exact) mass is 570 g/mol. The SMILES string of the molecule is CC(=CO[Si](C)(C)CCO[Si](O[Si](C)(C)C)(O[Si](C)(C)C)O[Si](C)(C)C)C(=O)OCCC[SiH3]. The molecule has 0 unspecified atom stereocenters. The molecular weight excluding hydrogens is 521 g/mol. The van der Waals surface area contributed by atoms with E-state index >= 15 is 0 Å². The smallest absolute Gasteiger partial charge is 0.549 e. The number of rotatable bonds is 16. The average molecular weight is 571 g/mol. The van der Waals surface area contributed by atoms with Crippen molar-refractivity contribution in [1.29, 1.82) is 0 Å². The lowest BCUT2D eigenvalue weighted by atomic mass is 10.3. The van der Waals surface area contributed by atoms with Crippen LogP contribution in [0.2, 0.25) is 84.1 Å². The van der Waals surface area contributed by atoms with Crippen LogP contribution in [-0.4, -0.2) is 71.7 Å². The first kappa shape index (κ1) is 33.2. The quantitative estimate of drug-likeness (QED) is 0.0865. The van der Waals surface area contributed by atoms with Crippen molar-refractivity contribution in [3.8, 4) is 0 Å². The number of ether oxygens (including phenoxy) is 1. The Morgan fingerprint density at radius 3 is 1.64 bits per heavy atom. The molecule has 0 saturated heterocycles. The third kappa shape index (κ3) is 17.3. The van der Waals surface area contributed by atoms with Crippen molar-refractivity contribution in [2.45, 2.75) is 97.4 Å². The third-order valence-electron chi connectivity index (χ3n) is 3.88. The van der Waals surface area contributed by atoms with Gasteiger partial charge in [-0.15, -0.1) is 0 Å². The number of hydrogen-bond donors (Lipinski definition) is 0. The van der Waals surface area contributed by atoms with Crippen LogP contribution < -0.4 is 0 Å². The molecule has 0 saturated carbocycles. The summed E-state index contributed by atoms with van der Waals surface area (Å²) in [6.45, 7) is 26.1. The zero-order valence-corrected chi connectivity index (χ0v) is 30.5. The molecule has 196 valence electrons. The highest BCUT2D eigenvalue weighted by atomic mass is 28.5. The Labute approximate surface area is 211 Å². The molecule has 0 heterocycles. The third-order valence-corrected chi connectivity index (χ3v) is 17.7. The lowest BCUT2D eigenvalue weighted by Gasteiger charge is -2.41. The molecule has 0 aromatic carbocycles. The van der Waals surface area contributed by atoms with Gasteiger partial charge in [-0.1, -0.05) is 6.04 Å². The molecule has 0 aliphatic heterocycles. The maximum Gasteiger partial charge on any atom is 0.647 e. The summed E-state index contributed by atoms with van der Waals surface area (Å²) < 4.78 is 37.4. The molecule has 0 aliphatic rings. The minimum atomic E-state index is -3.32. The van der Waals surface area contributed by atoms with E-state index in [9.17, 15) is 4.79 Å². The molecular formula is C20H50O7Si6. The predicted octanol–water partition coefficient (Wildman–Crippen LogP) is 4.84. The Kier molecular flexibility index (Phi) is 13.5. The molecule has 0 bridgehead atoms. The fraction of sp³-hybridized carbons (Fsp3) is 0.850. The van der Waals surface area contributed by atoms with E-state index in [4.69, 9.17) is 25.9 Å². The van der Waals surface area contributed by atoms with Crippen LogP contribution in [0.3, 0.4) is 0 Å². The van der Waals surface area contributed by atoms with Crippen LogP contribution in [0.1, 0.15) is 13.3 Å². The molecule has 0 rings (SSSR count). The summed E-state index contributed by atoms with van der Waals surface area (Å²) in [6, 6.07) is 1.85. The summed E-state index contributed by atoms with van der Waals surface area (Å²) in [7, 11) is -10.3. The highest BCUT2D eigenvalue weighted by Crippen LogP contribution is 2.27. The molecule has 7 nitrogen and oxygen atoms in total. The zero-order chi connectivity index (χ0) is 26.1. The van der Waals surface area contributed by atoms with E-state index in [0.29, 0.717) is 18.8 Å². The summed E-state index contributed by atoms with van der Waals surface area (Å²) in [5.41, 5.74) is 0.486. The molecule has 33 heavy (non-hydrogen) atoms. The van der Waals surface area contributed by atoms with Crippen LogP contribution in [0, 0.1) is 0 Å². The van der Waals surface area contributed by atoms with E-state index < -0.39 is 42.3 Å². The molecule has 13 heteroatoms. The van der Waals surface area contributed by atoms with Gasteiger partial charge in [0.05, 0.1) is 18.4 Å². The Bertz CT molecular complexity index is 595. The van der Waals surface area contributed by atoms with Crippen LogP contribution in [0.25, 0.3) is 0 Å². The molecule has 0 atom stereocenters. The Morgan fingerprint density at radius 1 is 0.788 bits per heavy atom. The van der Waals surface area contributed by atoms with Gasteiger partial charge in [0, 0.05) is 16.8 Å². The maximum atomic E-state index is 12.1. The second kappa shape index (κ2) is 13.5. The van der Waals surface area contributed by atoms with Crippen molar-refractivity contribution < 1.29 is 30.7 Å². The first-order valence-corrected chi connectivity index (χ1v) is 28.3. The maximum absolute atomic E-state index is 12.1. The van der Waals surface area contributed by atoms with Crippen molar-refractivity contribution in [3.05, 3.63) is 11.8 Å². The number of esters is 1.